The predicted molar refractivity (Wildman–Crippen MR) is 66.2 cm³/mol. The average molecular weight is 281 g/mol. The van der Waals surface area contributed by atoms with Gasteiger partial charge in [-0.05, 0) is 18.2 Å². The first-order valence-electron chi connectivity index (χ1n) is 5.22. The molecule has 1 aromatic carbocycles. The van der Waals surface area contributed by atoms with E-state index in [4.69, 9.17) is 16.0 Å². The Morgan fingerprint density at radius 1 is 1.37 bits per heavy atom. The van der Waals surface area contributed by atoms with Gasteiger partial charge in [0.25, 0.3) is 0 Å². The molecule has 7 heteroatoms. The summed E-state index contributed by atoms with van der Waals surface area (Å²) in [7, 11) is 0. The zero-order valence-electron chi connectivity index (χ0n) is 9.30. The quantitative estimate of drug-likeness (QED) is 0.743. The van der Waals surface area contributed by atoms with Gasteiger partial charge in [-0.3, -0.25) is 0 Å². The monoisotopic (exact) mass is 280 g/mol. The van der Waals surface area contributed by atoms with Gasteiger partial charge in [-0.25, -0.2) is 18.7 Å². The number of aromatic hydroxyl groups is 1. The lowest BCUT2D eigenvalue weighted by Gasteiger charge is -2.02. The number of rotatable bonds is 1. The second-order valence-corrected chi connectivity index (χ2v) is 4.25. The summed E-state index contributed by atoms with van der Waals surface area (Å²) in [6.07, 6.45) is 1.23. The molecule has 0 aliphatic heterocycles. The summed E-state index contributed by atoms with van der Waals surface area (Å²) in [5.74, 6) is -1.81. The van der Waals surface area contributed by atoms with Crippen LogP contribution in [0.4, 0.5) is 4.39 Å². The van der Waals surface area contributed by atoms with Gasteiger partial charge in [0.05, 0.1) is 10.5 Å². The van der Waals surface area contributed by atoms with E-state index in [0.29, 0.717) is 5.52 Å². The van der Waals surface area contributed by atoms with Crippen molar-refractivity contribution in [2.24, 2.45) is 0 Å². The van der Waals surface area contributed by atoms with Crippen LogP contribution in [0.2, 0.25) is 5.02 Å². The molecule has 1 N–H and O–H groups in total. The third-order valence-corrected chi connectivity index (χ3v) is 2.77. The highest BCUT2D eigenvalue weighted by atomic mass is 35.5. The molecule has 2 heterocycles. The van der Waals surface area contributed by atoms with Crippen molar-refractivity contribution < 1.29 is 13.9 Å². The Labute approximate surface area is 110 Å². The van der Waals surface area contributed by atoms with Crippen LogP contribution in [-0.2, 0) is 0 Å². The van der Waals surface area contributed by atoms with E-state index in [9.17, 15) is 14.3 Å². The molecule has 0 saturated heterocycles. The lowest BCUT2D eigenvalue weighted by Crippen LogP contribution is -2.14. The number of hydrogen-bond donors (Lipinski definition) is 1. The Bertz CT molecular complexity index is 841. The number of pyridine rings is 1. The normalized spacial score (nSPS) is 11.1. The van der Waals surface area contributed by atoms with Crippen molar-refractivity contribution in [3.05, 3.63) is 51.9 Å². The molecule has 5 nitrogen and oxygen atoms in total. The van der Waals surface area contributed by atoms with Gasteiger partial charge in [-0.2, -0.15) is 0 Å². The second-order valence-electron chi connectivity index (χ2n) is 3.81. The third-order valence-electron chi connectivity index (χ3n) is 2.56. The van der Waals surface area contributed by atoms with Crippen LogP contribution >= 0.6 is 11.6 Å². The average Bonchev–Trinajstić information content (AvgIpc) is 2.65. The van der Waals surface area contributed by atoms with Crippen LogP contribution < -0.4 is 5.76 Å². The maximum atomic E-state index is 13.8. The van der Waals surface area contributed by atoms with Crippen LogP contribution in [0, 0.1) is 5.82 Å². The molecule has 0 spiro atoms. The second kappa shape index (κ2) is 4.10. The van der Waals surface area contributed by atoms with Crippen molar-refractivity contribution in [3.8, 4) is 11.6 Å². The molecule has 0 amide bonds. The topological polar surface area (TPSA) is 68.3 Å². The molecule has 0 saturated carbocycles. The van der Waals surface area contributed by atoms with E-state index in [-0.39, 0.29) is 22.2 Å². The van der Waals surface area contributed by atoms with Crippen molar-refractivity contribution in [1.29, 1.82) is 0 Å². The number of oxazole rings is 1. The van der Waals surface area contributed by atoms with Gasteiger partial charge < -0.3 is 9.52 Å². The van der Waals surface area contributed by atoms with E-state index in [2.05, 4.69) is 4.98 Å². The molecule has 0 aliphatic rings. The molecule has 0 bridgehead atoms. The molecular formula is C12H6ClFN2O3. The Kier molecular flexibility index (Phi) is 2.53. The van der Waals surface area contributed by atoms with E-state index in [0.717, 1.165) is 10.6 Å². The minimum atomic E-state index is -0.797. The largest absolute Gasteiger partial charge is 0.508 e. The summed E-state index contributed by atoms with van der Waals surface area (Å²) >= 11 is 5.61. The summed E-state index contributed by atoms with van der Waals surface area (Å²) in [5.41, 5.74) is 0.442. The van der Waals surface area contributed by atoms with Crippen molar-refractivity contribution >= 4 is 22.7 Å². The van der Waals surface area contributed by atoms with Gasteiger partial charge in [0.1, 0.15) is 5.75 Å². The highest BCUT2D eigenvalue weighted by Gasteiger charge is 2.16. The highest BCUT2D eigenvalue weighted by Crippen LogP contribution is 2.22. The first-order chi connectivity index (χ1) is 9.06. The molecule has 0 atom stereocenters. The first-order valence-corrected chi connectivity index (χ1v) is 5.60. The van der Waals surface area contributed by atoms with Crippen LogP contribution in [-0.4, -0.2) is 14.7 Å². The fourth-order valence-electron chi connectivity index (χ4n) is 1.78. The summed E-state index contributed by atoms with van der Waals surface area (Å²) in [5, 5.41) is 9.44. The van der Waals surface area contributed by atoms with Crippen LogP contribution in [0.25, 0.3) is 16.9 Å². The van der Waals surface area contributed by atoms with Crippen molar-refractivity contribution in [2.75, 3.05) is 0 Å². The van der Waals surface area contributed by atoms with E-state index < -0.39 is 11.6 Å². The number of phenolic OH excluding ortho intramolecular Hbond substituents is 1. The molecular weight excluding hydrogens is 275 g/mol. The summed E-state index contributed by atoms with van der Waals surface area (Å²) in [6, 6.07) is 5.11. The van der Waals surface area contributed by atoms with Crippen molar-refractivity contribution in [2.45, 2.75) is 0 Å². The fourth-order valence-corrected chi connectivity index (χ4v) is 1.92. The number of aromatic nitrogens is 2. The lowest BCUT2D eigenvalue weighted by molar-refractivity contribution is 0.473. The van der Waals surface area contributed by atoms with Crippen LogP contribution in [0.3, 0.4) is 0 Å². The summed E-state index contributed by atoms with van der Waals surface area (Å²) in [4.78, 5) is 15.5. The van der Waals surface area contributed by atoms with Gasteiger partial charge in [-0.15, -0.1) is 0 Å². The van der Waals surface area contributed by atoms with Crippen molar-refractivity contribution in [1.82, 2.24) is 9.55 Å². The van der Waals surface area contributed by atoms with Crippen LogP contribution in [0.15, 0.2) is 39.7 Å². The lowest BCUT2D eigenvalue weighted by atomic mass is 10.3. The zero-order valence-corrected chi connectivity index (χ0v) is 10.1. The maximum Gasteiger partial charge on any atom is 0.425 e. The number of hydrogen-bond acceptors (Lipinski definition) is 4. The Morgan fingerprint density at radius 3 is 2.89 bits per heavy atom. The van der Waals surface area contributed by atoms with E-state index in [1.54, 1.807) is 0 Å². The standard InChI is InChI=1S/C12H6ClFN2O3/c13-6-3-8(14)11(15-5-6)16-9-2-1-7(17)4-10(9)19-12(16)18/h1-5,17H. The number of nitrogens with zero attached hydrogens (tertiary/aromatic N) is 2. The molecule has 19 heavy (non-hydrogen) atoms. The number of fused-ring (bicyclic) bond motifs is 1. The first kappa shape index (κ1) is 11.7. The third kappa shape index (κ3) is 1.86. The number of phenols is 1. The van der Waals surface area contributed by atoms with E-state index >= 15 is 0 Å². The van der Waals surface area contributed by atoms with Gasteiger partial charge in [-0.1, -0.05) is 11.6 Å². The molecule has 0 fully saturated rings. The molecule has 0 radical (unpaired) electrons. The minimum absolute atomic E-state index is 0.0575. The smallest absolute Gasteiger partial charge is 0.425 e. The molecule has 96 valence electrons. The molecule has 3 rings (SSSR count). The van der Waals surface area contributed by atoms with Crippen molar-refractivity contribution in [3.63, 3.8) is 0 Å². The Hall–Kier alpha value is -2.34. The van der Waals surface area contributed by atoms with Crippen LogP contribution in [0.1, 0.15) is 0 Å². The molecule has 0 aliphatic carbocycles. The SMILES string of the molecule is O=c1oc2cc(O)ccc2n1-c1ncc(Cl)cc1F. The van der Waals surface area contributed by atoms with Crippen LogP contribution in [0.5, 0.6) is 5.75 Å². The zero-order chi connectivity index (χ0) is 13.6. The summed E-state index contributed by atoms with van der Waals surface area (Å²) in [6.45, 7) is 0. The predicted octanol–water partition coefficient (Wildman–Crippen LogP) is 2.48. The molecule has 0 unspecified atom stereocenters. The van der Waals surface area contributed by atoms with Gasteiger partial charge >= 0.3 is 5.76 Å². The summed E-state index contributed by atoms with van der Waals surface area (Å²) < 4.78 is 19.7. The van der Waals surface area contributed by atoms with Gasteiger partial charge in [0, 0.05) is 12.3 Å². The number of halogens is 2. The fraction of sp³-hybridized carbons (Fsp3) is 0. The van der Waals surface area contributed by atoms with E-state index in [1.807, 2.05) is 0 Å². The van der Waals surface area contributed by atoms with E-state index in [1.165, 1.54) is 24.4 Å². The van der Waals surface area contributed by atoms with Gasteiger partial charge in [0.15, 0.2) is 17.2 Å². The maximum absolute atomic E-state index is 13.8. The molecule has 3 aromatic rings. The Morgan fingerprint density at radius 2 is 2.16 bits per heavy atom. The minimum Gasteiger partial charge on any atom is -0.508 e. The van der Waals surface area contributed by atoms with Gasteiger partial charge in [0.2, 0.25) is 0 Å². The Balaban J connectivity index is 2.36. The molecule has 2 aromatic heterocycles. The highest BCUT2D eigenvalue weighted by molar-refractivity contribution is 6.30. The number of benzene rings is 1.